The molecule has 0 saturated carbocycles. The fourth-order valence-corrected chi connectivity index (χ4v) is 4.47. The van der Waals surface area contributed by atoms with Gasteiger partial charge in [-0.05, 0) is 23.0 Å². The van der Waals surface area contributed by atoms with Gasteiger partial charge < -0.3 is 10.1 Å². The van der Waals surface area contributed by atoms with Crippen LogP contribution in [0.25, 0.3) is 0 Å². The number of fused-ring (bicyclic) bond motifs is 1. The summed E-state index contributed by atoms with van der Waals surface area (Å²) in [5, 5.41) is 2.97. The van der Waals surface area contributed by atoms with E-state index in [2.05, 4.69) is 5.32 Å². The van der Waals surface area contributed by atoms with Gasteiger partial charge in [0.2, 0.25) is 0 Å². The Hall–Kier alpha value is -2.71. The summed E-state index contributed by atoms with van der Waals surface area (Å²) in [7, 11) is 0. The van der Waals surface area contributed by atoms with E-state index in [1.54, 1.807) is 12.1 Å². The largest absolute Gasteiger partial charge is 0.378 e. The summed E-state index contributed by atoms with van der Waals surface area (Å²) in [4.78, 5) is 27.9. The highest BCUT2D eigenvalue weighted by molar-refractivity contribution is 6.35. The second-order valence-corrected chi connectivity index (χ2v) is 8.73. The lowest BCUT2D eigenvalue weighted by molar-refractivity contribution is 0.0748. The Bertz CT molecular complexity index is 1080. The lowest BCUT2D eigenvalue weighted by Crippen LogP contribution is -2.37. The molecule has 1 atom stereocenters. The van der Waals surface area contributed by atoms with Crippen LogP contribution in [-0.4, -0.2) is 31.6 Å². The summed E-state index contributed by atoms with van der Waals surface area (Å²) >= 11 is 0. The standard InChI is InChI=1S/C24H25F3N2O3/c1-11(2)13-6-5-7-14(12(3)4)22(13)29-23(30)17-16(15-10-32-9-8-28-15)19(25)21(27)20(26)18(17)24(29)31/h5-7,11-12,15,28H,8-10H2,1-4H3. The van der Waals surface area contributed by atoms with E-state index in [0.717, 1.165) is 4.90 Å². The van der Waals surface area contributed by atoms with Crippen molar-refractivity contribution in [2.24, 2.45) is 0 Å². The Labute approximate surface area is 184 Å². The summed E-state index contributed by atoms with van der Waals surface area (Å²) < 4.78 is 49.7. The number of carbonyl (C=O) groups is 2. The molecule has 0 spiro atoms. The number of anilines is 1. The second-order valence-electron chi connectivity index (χ2n) is 8.73. The van der Waals surface area contributed by atoms with Crippen LogP contribution >= 0.6 is 0 Å². The van der Waals surface area contributed by atoms with E-state index < -0.39 is 46.4 Å². The van der Waals surface area contributed by atoms with Gasteiger partial charge in [0.25, 0.3) is 11.8 Å². The minimum atomic E-state index is -1.77. The van der Waals surface area contributed by atoms with Gasteiger partial charge in [0.05, 0.1) is 36.1 Å². The minimum Gasteiger partial charge on any atom is -0.378 e. The highest BCUT2D eigenvalue weighted by atomic mass is 19.2. The number of rotatable bonds is 4. The molecule has 0 aliphatic carbocycles. The molecule has 2 amide bonds. The lowest BCUT2D eigenvalue weighted by atomic mass is 9.92. The van der Waals surface area contributed by atoms with Gasteiger partial charge in [-0.15, -0.1) is 0 Å². The molecule has 1 saturated heterocycles. The zero-order valence-electron chi connectivity index (χ0n) is 18.4. The molecule has 0 bridgehead atoms. The van der Waals surface area contributed by atoms with Gasteiger partial charge in [0, 0.05) is 12.1 Å². The quantitative estimate of drug-likeness (QED) is 0.541. The topological polar surface area (TPSA) is 58.6 Å². The van der Waals surface area contributed by atoms with Gasteiger partial charge in [-0.1, -0.05) is 45.9 Å². The first-order chi connectivity index (χ1) is 15.2. The van der Waals surface area contributed by atoms with E-state index in [9.17, 15) is 22.8 Å². The summed E-state index contributed by atoms with van der Waals surface area (Å²) in [6.45, 7) is 8.33. The van der Waals surface area contributed by atoms with Crippen LogP contribution in [0.1, 0.15) is 83.0 Å². The number of nitrogens with zero attached hydrogens (tertiary/aromatic N) is 1. The fourth-order valence-electron chi connectivity index (χ4n) is 4.47. The number of carbonyl (C=O) groups excluding carboxylic acids is 2. The van der Waals surface area contributed by atoms with Crippen LogP contribution < -0.4 is 10.2 Å². The summed E-state index contributed by atoms with van der Waals surface area (Å²) in [6, 6.07) is 4.55. The van der Waals surface area contributed by atoms with Crippen LogP contribution in [0.5, 0.6) is 0 Å². The van der Waals surface area contributed by atoms with Gasteiger partial charge >= 0.3 is 0 Å². The molecule has 0 radical (unpaired) electrons. The smallest absolute Gasteiger partial charge is 0.269 e. The van der Waals surface area contributed by atoms with Crippen molar-refractivity contribution in [3.8, 4) is 0 Å². The maximum Gasteiger partial charge on any atom is 0.269 e. The van der Waals surface area contributed by atoms with E-state index in [4.69, 9.17) is 4.74 Å². The van der Waals surface area contributed by atoms with Crippen LogP contribution in [0.4, 0.5) is 18.9 Å². The number of hydrogen-bond donors (Lipinski definition) is 1. The summed E-state index contributed by atoms with van der Waals surface area (Å²) in [5.41, 5.74) is 0.239. The highest BCUT2D eigenvalue weighted by Gasteiger charge is 2.47. The molecule has 8 heteroatoms. The predicted molar refractivity (Wildman–Crippen MR) is 114 cm³/mol. The number of ether oxygens (including phenoxy) is 1. The van der Waals surface area contributed by atoms with E-state index in [1.165, 1.54) is 0 Å². The van der Waals surface area contributed by atoms with Crippen molar-refractivity contribution in [1.29, 1.82) is 0 Å². The highest BCUT2D eigenvalue weighted by Crippen LogP contribution is 2.42. The predicted octanol–water partition coefficient (Wildman–Crippen LogP) is 4.81. The van der Waals surface area contributed by atoms with Crippen molar-refractivity contribution in [3.63, 3.8) is 0 Å². The molecule has 2 heterocycles. The number of amides is 2. The first-order valence-corrected chi connectivity index (χ1v) is 10.7. The first kappa shape index (κ1) is 22.5. The third kappa shape index (κ3) is 3.33. The Morgan fingerprint density at radius 3 is 2.06 bits per heavy atom. The SMILES string of the molecule is CC(C)c1cccc(C(C)C)c1N1C(=O)c2c(F)c(F)c(F)c(C3COCCN3)c2C1=O. The summed E-state index contributed by atoms with van der Waals surface area (Å²) in [5.74, 6) is -6.86. The number of nitrogens with one attached hydrogen (secondary N) is 1. The number of imide groups is 1. The normalized spacial score (nSPS) is 18.8. The molecule has 1 N–H and O–H groups in total. The van der Waals surface area contributed by atoms with Crippen molar-refractivity contribution in [2.75, 3.05) is 24.7 Å². The second kappa shape index (κ2) is 8.33. The number of para-hydroxylation sites is 1. The molecular formula is C24H25F3N2O3. The fraction of sp³-hybridized carbons (Fsp3) is 0.417. The molecular weight excluding hydrogens is 421 g/mol. The number of hydrogen-bond acceptors (Lipinski definition) is 4. The average Bonchev–Trinajstić information content (AvgIpc) is 3.02. The van der Waals surface area contributed by atoms with Crippen LogP contribution in [0.3, 0.4) is 0 Å². The van der Waals surface area contributed by atoms with Crippen LogP contribution in [0.15, 0.2) is 18.2 Å². The number of benzene rings is 2. The molecule has 1 unspecified atom stereocenters. The van der Waals surface area contributed by atoms with E-state index in [-0.39, 0.29) is 24.0 Å². The minimum absolute atomic E-state index is 0.0320. The third-order valence-corrected chi connectivity index (χ3v) is 6.03. The van der Waals surface area contributed by atoms with E-state index in [1.807, 2.05) is 33.8 Å². The molecule has 5 nitrogen and oxygen atoms in total. The van der Waals surface area contributed by atoms with E-state index >= 15 is 0 Å². The van der Waals surface area contributed by atoms with Gasteiger partial charge in [0.15, 0.2) is 17.5 Å². The van der Waals surface area contributed by atoms with Crippen molar-refractivity contribution in [2.45, 2.75) is 45.6 Å². The molecule has 32 heavy (non-hydrogen) atoms. The molecule has 2 aromatic rings. The Balaban J connectivity index is 1.98. The van der Waals surface area contributed by atoms with Gasteiger partial charge in [-0.25, -0.2) is 18.1 Å². The molecule has 1 fully saturated rings. The molecule has 2 aromatic carbocycles. The Morgan fingerprint density at radius 1 is 0.938 bits per heavy atom. The Kier molecular flexibility index (Phi) is 5.85. The number of halogens is 3. The third-order valence-electron chi connectivity index (χ3n) is 6.03. The van der Waals surface area contributed by atoms with Crippen molar-refractivity contribution in [3.05, 3.63) is 63.5 Å². The zero-order chi connectivity index (χ0) is 23.3. The molecule has 0 aromatic heterocycles. The van der Waals surface area contributed by atoms with Gasteiger partial charge in [0.1, 0.15) is 0 Å². The zero-order valence-corrected chi connectivity index (χ0v) is 18.4. The summed E-state index contributed by atoms with van der Waals surface area (Å²) in [6.07, 6.45) is 0. The molecule has 170 valence electrons. The lowest BCUT2D eigenvalue weighted by Gasteiger charge is -2.27. The van der Waals surface area contributed by atoms with E-state index in [0.29, 0.717) is 30.0 Å². The monoisotopic (exact) mass is 446 g/mol. The van der Waals surface area contributed by atoms with Crippen LogP contribution in [-0.2, 0) is 4.74 Å². The van der Waals surface area contributed by atoms with Crippen molar-refractivity contribution >= 4 is 17.5 Å². The van der Waals surface area contributed by atoms with Gasteiger partial charge in [-0.3, -0.25) is 9.59 Å². The average molecular weight is 446 g/mol. The van der Waals surface area contributed by atoms with Crippen LogP contribution in [0.2, 0.25) is 0 Å². The van der Waals surface area contributed by atoms with Crippen LogP contribution in [0, 0.1) is 17.5 Å². The maximum absolute atomic E-state index is 15.0. The molecule has 4 rings (SSSR count). The molecule has 2 aliphatic heterocycles. The van der Waals surface area contributed by atoms with Crippen molar-refractivity contribution in [1.82, 2.24) is 5.32 Å². The van der Waals surface area contributed by atoms with Gasteiger partial charge in [-0.2, -0.15) is 0 Å². The van der Waals surface area contributed by atoms with Crippen molar-refractivity contribution < 1.29 is 27.5 Å². The maximum atomic E-state index is 15.0. The number of morpholine rings is 1. The Morgan fingerprint density at radius 2 is 1.53 bits per heavy atom. The molecule has 2 aliphatic rings. The first-order valence-electron chi connectivity index (χ1n) is 10.7.